The Kier molecular flexibility index (Phi) is 9.73. The van der Waals surface area contributed by atoms with E-state index in [1.807, 2.05) is 30.3 Å². The first-order valence-electron chi connectivity index (χ1n) is 15.2. The summed E-state index contributed by atoms with van der Waals surface area (Å²) in [6.45, 7) is 0. The van der Waals surface area contributed by atoms with Crippen LogP contribution in [0.15, 0.2) is 158 Å². The minimum atomic E-state index is -2.62. The predicted molar refractivity (Wildman–Crippen MR) is 179 cm³/mol. The van der Waals surface area contributed by atoms with E-state index in [4.69, 9.17) is 5.26 Å². The number of ketones is 1. The summed E-state index contributed by atoms with van der Waals surface area (Å²) in [5, 5.41) is 9.00. The second kappa shape index (κ2) is 14.5. The molecule has 5 aromatic carbocycles. The fraction of sp³-hybridized carbons (Fsp3) is 0.0244. The van der Waals surface area contributed by atoms with Crippen molar-refractivity contribution in [2.24, 2.45) is 0 Å². The zero-order valence-electron chi connectivity index (χ0n) is 26.2. The van der Waals surface area contributed by atoms with Crippen molar-refractivity contribution >= 4 is 11.9 Å². The number of carbonyl (C=O) groups is 1. The van der Waals surface area contributed by atoms with Crippen LogP contribution in [0.25, 0.3) is 17.2 Å². The van der Waals surface area contributed by atoms with Crippen molar-refractivity contribution in [2.75, 3.05) is 0 Å². The molecule has 0 unspecified atom stereocenters. The van der Waals surface area contributed by atoms with Crippen molar-refractivity contribution in [3.8, 4) is 28.7 Å². The van der Waals surface area contributed by atoms with Crippen LogP contribution >= 0.6 is 0 Å². The first-order chi connectivity index (χ1) is 24.6. The number of hydrogen-bond donors (Lipinski definition) is 0. The fourth-order valence-corrected chi connectivity index (χ4v) is 6.13. The van der Waals surface area contributed by atoms with Gasteiger partial charge in [-0.1, -0.05) is 91.0 Å². The maximum Gasteiger partial charge on any atom is 0.344 e. The van der Waals surface area contributed by atoms with Crippen LogP contribution < -0.4 is 9.47 Å². The van der Waals surface area contributed by atoms with Crippen LogP contribution in [-0.4, -0.2) is 5.78 Å². The molecule has 5 aromatic rings. The Morgan fingerprint density at radius 1 is 0.627 bits per heavy atom. The van der Waals surface area contributed by atoms with E-state index in [0.717, 1.165) is 22.3 Å². The van der Waals surface area contributed by atoms with E-state index < -0.39 is 29.6 Å². The summed E-state index contributed by atoms with van der Waals surface area (Å²) in [7, 11) is 0. The third-order valence-electron chi connectivity index (χ3n) is 8.30. The third-order valence-corrected chi connectivity index (χ3v) is 8.30. The van der Waals surface area contributed by atoms with Gasteiger partial charge in [0.15, 0.2) is 5.78 Å². The SMILES string of the molecule is N#Cc1ccc(C=CC=CC(=O)c2ccc3c(c2)C(c2ccc(OC(F)=C(F)F)cc2)(c2ccc(OC(F)=C(F)F)cc2)c2ccccc2-3)cc1. The van der Waals surface area contributed by atoms with Crippen molar-refractivity contribution in [3.05, 3.63) is 197 Å². The molecule has 0 N–H and O–H groups in total. The van der Waals surface area contributed by atoms with Crippen LogP contribution in [0.5, 0.6) is 11.5 Å². The maximum absolute atomic E-state index is 13.6. The molecule has 0 aliphatic heterocycles. The predicted octanol–water partition coefficient (Wildman–Crippen LogP) is 11.2. The number of allylic oxidation sites excluding steroid dienone is 3. The van der Waals surface area contributed by atoms with E-state index in [9.17, 15) is 31.1 Å². The van der Waals surface area contributed by atoms with Gasteiger partial charge in [0, 0.05) is 5.56 Å². The summed E-state index contributed by atoms with van der Waals surface area (Å²) >= 11 is 0. The molecule has 51 heavy (non-hydrogen) atoms. The molecule has 0 aromatic heterocycles. The molecule has 0 saturated carbocycles. The van der Waals surface area contributed by atoms with Gasteiger partial charge >= 0.3 is 24.2 Å². The minimum absolute atomic E-state index is 0.201. The molecule has 0 bridgehead atoms. The lowest BCUT2D eigenvalue weighted by Gasteiger charge is -2.34. The summed E-state index contributed by atoms with van der Waals surface area (Å²) in [4.78, 5) is 13.5. The number of carbonyl (C=O) groups excluding carboxylic acids is 1. The van der Waals surface area contributed by atoms with Gasteiger partial charge in [-0.25, -0.2) is 0 Å². The summed E-state index contributed by atoms with van der Waals surface area (Å²) in [5.41, 5.74) is 4.62. The average molecular weight is 692 g/mol. The Balaban J connectivity index is 1.46. The van der Waals surface area contributed by atoms with Gasteiger partial charge in [0.05, 0.1) is 17.0 Å². The molecular weight excluding hydrogens is 668 g/mol. The number of benzene rings is 5. The molecule has 6 rings (SSSR count). The van der Waals surface area contributed by atoms with E-state index in [1.165, 1.54) is 30.3 Å². The molecular formula is C41H23F6NO3. The quantitative estimate of drug-likeness (QED) is 0.0472. The van der Waals surface area contributed by atoms with Gasteiger partial charge in [0.1, 0.15) is 11.5 Å². The minimum Gasteiger partial charge on any atom is -0.428 e. The van der Waals surface area contributed by atoms with E-state index in [1.54, 1.807) is 78.9 Å². The van der Waals surface area contributed by atoms with E-state index in [0.29, 0.717) is 27.8 Å². The fourth-order valence-electron chi connectivity index (χ4n) is 6.13. The molecule has 0 heterocycles. The smallest absolute Gasteiger partial charge is 0.344 e. The number of fused-ring (bicyclic) bond motifs is 3. The van der Waals surface area contributed by atoms with Crippen molar-refractivity contribution < 1.29 is 40.6 Å². The normalized spacial score (nSPS) is 12.6. The van der Waals surface area contributed by atoms with Crippen LogP contribution in [0.3, 0.4) is 0 Å². The highest BCUT2D eigenvalue weighted by molar-refractivity contribution is 6.06. The Hall–Kier alpha value is -6.60. The Morgan fingerprint density at radius 3 is 1.73 bits per heavy atom. The van der Waals surface area contributed by atoms with Crippen LogP contribution in [0.2, 0.25) is 0 Å². The van der Waals surface area contributed by atoms with Crippen molar-refractivity contribution in [1.82, 2.24) is 0 Å². The molecule has 0 amide bonds. The summed E-state index contributed by atoms with van der Waals surface area (Å²) < 4.78 is 87.7. The van der Waals surface area contributed by atoms with E-state index in [-0.39, 0.29) is 17.3 Å². The van der Waals surface area contributed by atoms with Gasteiger partial charge in [0.25, 0.3) is 0 Å². The van der Waals surface area contributed by atoms with Crippen LogP contribution in [0.4, 0.5) is 26.3 Å². The maximum atomic E-state index is 13.6. The van der Waals surface area contributed by atoms with Crippen molar-refractivity contribution in [2.45, 2.75) is 5.41 Å². The Morgan fingerprint density at radius 2 is 1.18 bits per heavy atom. The summed E-state index contributed by atoms with van der Waals surface area (Å²) in [6, 6.07) is 29.1. The number of rotatable bonds is 10. The van der Waals surface area contributed by atoms with Gasteiger partial charge in [-0.15, -0.1) is 0 Å². The number of ether oxygens (including phenoxy) is 2. The largest absolute Gasteiger partial charge is 0.428 e. The Bertz CT molecular complexity index is 2210. The number of halogens is 6. The molecule has 252 valence electrons. The highest BCUT2D eigenvalue weighted by Crippen LogP contribution is 2.56. The van der Waals surface area contributed by atoms with Gasteiger partial charge in [-0.3, -0.25) is 4.79 Å². The van der Waals surface area contributed by atoms with Gasteiger partial charge in [-0.05, 0) is 87.5 Å². The molecule has 10 heteroatoms. The monoisotopic (exact) mass is 691 g/mol. The lowest BCUT2D eigenvalue weighted by molar-refractivity contribution is 0.104. The van der Waals surface area contributed by atoms with E-state index in [2.05, 4.69) is 15.5 Å². The Labute approximate surface area is 288 Å². The van der Waals surface area contributed by atoms with Crippen LogP contribution in [-0.2, 0) is 5.41 Å². The molecule has 0 atom stereocenters. The number of nitrogens with zero attached hydrogens (tertiary/aromatic N) is 1. The third kappa shape index (κ3) is 6.82. The van der Waals surface area contributed by atoms with E-state index >= 15 is 0 Å². The zero-order chi connectivity index (χ0) is 36.1. The second-order valence-electron chi connectivity index (χ2n) is 11.2. The standard InChI is InChI=1S/C41H23F6NO3/c42-37(43)39(46)50-30-18-14-28(15-19-30)41(29-16-20-31(21-17-29)51-40(47)38(44)45)34-7-3-2-6-32(34)33-22-13-27(23-35(33)41)36(49)8-4-1-5-25-9-11-26(24-48)12-10-25/h1-23H. The molecule has 0 radical (unpaired) electrons. The number of hydrogen-bond acceptors (Lipinski definition) is 4. The van der Waals surface area contributed by atoms with Gasteiger partial charge in [0.2, 0.25) is 0 Å². The van der Waals surface area contributed by atoms with Crippen LogP contribution in [0.1, 0.15) is 43.7 Å². The second-order valence-corrected chi connectivity index (χ2v) is 11.2. The zero-order valence-corrected chi connectivity index (χ0v) is 26.2. The molecule has 1 aliphatic carbocycles. The van der Waals surface area contributed by atoms with Crippen molar-refractivity contribution in [1.29, 1.82) is 5.26 Å². The molecule has 0 fully saturated rings. The average Bonchev–Trinajstić information content (AvgIpc) is 3.44. The lowest BCUT2D eigenvalue weighted by atomic mass is 9.67. The molecule has 0 saturated heterocycles. The van der Waals surface area contributed by atoms with Crippen molar-refractivity contribution in [3.63, 3.8) is 0 Å². The molecule has 0 spiro atoms. The molecule has 4 nitrogen and oxygen atoms in total. The van der Waals surface area contributed by atoms with Gasteiger partial charge < -0.3 is 9.47 Å². The molecule has 1 aliphatic rings. The highest BCUT2D eigenvalue weighted by atomic mass is 19.3. The first kappa shape index (κ1) is 34.3. The first-order valence-corrected chi connectivity index (χ1v) is 15.2. The lowest BCUT2D eigenvalue weighted by Crippen LogP contribution is -2.28. The topological polar surface area (TPSA) is 59.3 Å². The highest BCUT2D eigenvalue weighted by Gasteiger charge is 2.46. The number of nitriles is 1. The van der Waals surface area contributed by atoms with Gasteiger partial charge in [-0.2, -0.15) is 31.6 Å². The van der Waals surface area contributed by atoms with Crippen LogP contribution in [0, 0.1) is 11.3 Å². The summed E-state index contributed by atoms with van der Waals surface area (Å²) in [6.07, 6.45) is 1.23. The summed E-state index contributed by atoms with van der Waals surface area (Å²) in [5.74, 6) is -0.716.